The lowest BCUT2D eigenvalue weighted by molar-refractivity contribution is 0.330. The highest BCUT2D eigenvalue weighted by atomic mass is 16.4. The van der Waals surface area contributed by atoms with Crippen molar-refractivity contribution in [3.63, 3.8) is 0 Å². The van der Waals surface area contributed by atoms with E-state index in [0.29, 0.717) is 0 Å². The monoisotopic (exact) mass is 230 g/mol. The molecule has 1 aromatic carbocycles. The zero-order valence-electron chi connectivity index (χ0n) is 10.6. The van der Waals surface area contributed by atoms with E-state index in [4.69, 9.17) is 4.42 Å². The first-order valence-electron chi connectivity index (χ1n) is 6.22. The van der Waals surface area contributed by atoms with Crippen LogP contribution in [0.15, 0.2) is 16.5 Å². The zero-order valence-corrected chi connectivity index (χ0v) is 10.6. The molecule has 3 rings (SSSR count). The molecule has 17 heavy (non-hydrogen) atoms. The molecular weight excluding hydrogens is 212 g/mol. The van der Waals surface area contributed by atoms with Gasteiger partial charge in [0.1, 0.15) is 5.52 Å². The molecule has 2 heterocycles. The molecule has 1 aliphatic rings. The molecule has 0 amide bonds. The molecule has 2 aromatic rings. The van der Waals surface area contributed by atoms with E-state index >= 15 is 0 Å². The van der Waals surface area contributed by atoms with Crippen molar-refractivity contribution in [2.24, 2.45) is 0 Å². The lowest BCUT2D eigenvalue weighted by atomic mass is 10.0. The van der Waals surface area contributed by atoms with Crippen LogP contribution in [0.1, 0.15) is 36.8 Å². The van der Waals surface area contributed by atoms with Gasteiger partial charge in [-0.15, -0.1) is 0 Å². The lowest BCUT2D eigenvalue weighted by Gasteiger charge is -2.19. The van der Waals surface area contributed by atoms with Gasteiger partial charge in [-0.1, -0.05) is 6.07 Å². The molecule has 0 radical (unpaired) electrons. The minimum absolute atomic E-state index is 0.0840. The Labute approximate surface area is 101 Å². The second-order valence-electron chi connectivity index (χ2n) is 5.31. The average Bonchev–Trinajstić information content (AvgIpc) is 2.84. The maximum Gasteiger partial charge on any atom is 0.215 e. The molecule has 3 nitrogen and oxygen atoms in total. The fraction of sp³-hybridized carbons (Fsp3) is 0.500. The van der Waals surface area contributed by atoms with Crippen molar-refractivity contribution in [1.29, 1.82) is 0 Å². The molecule has 1 aliphatic heterocycles. The summed E-state index contributed by atoms with van der Waals surface area (Å²) >= 11 is 0. The molecule has 3 heteroatoms. The van der Waals surface area contributed by atoms with Gasteiger partial charge in [0.25, 0.3) is 0 Å². The summed E-state index contributed by atoms with van der Waals surface area (Å²) in [4.78, 5) is 4.66. The topological polar surface area (TPSA) is 38.1 Å². The SMILES string of the molecule is Cc1cc(C)c2oc(C3(C)CCCN3)nc2c1. The van der Waals surface area contributed by atoms with Crippen LogP contribution in [0.2, 0.25) is 0 Å². The van der Waals surface area contributed by atoms with Crippen LogP contribution in [0.25, 0.3) is 11.1 Å². The summed E-state index contributed by atoms with van der Waals surface area (Å²) in [5, 5.41) is 3.49. The molecule has 1 atom stereocenters. The molecular formula is C14H18N2O. The lowest BCUT2D eigenvalue weighted by Crippen LogP contribution is -2.33. The van der Waals surface area contributed by atoms with Crippen LogP contribution in [-0.4, -0.2) is 11.5 Å². The summed E-state index contributed by atoms with van der Waals surface area (Å²) in [6, 6.07) is 4.23. The van der Waals surface area contributed by atoms with Gasteiger partial charge < -0.3 is 9.73 Å². The van der Waals surface area contributed by atoms with Gasteiger partial charge in [-0.2, -0.15) is 0 Å². The smallest absolute Gasteiger partial charge is 0.215 e. The van der Waals surface area contributed by atoms with Gasteiger partial charge in [-0.05, 0) is 57.4 Å². The van der Waals surface area contributed by atoms with E-state index in [1.165, 1.54) is 17.5 Å². The van der Waals surface area contributed by atoms with Gasteiger partial charge >= 0.3 is 0 Å². The number of hydrogen-bond acceptors (Lipinski definition) is 3. The molecule has 0 saturated carbocycles. The highest BCUT2D eigenvalue weighted by Crippen LogP contribution is 2.32. The van der Waals surface area contributed by atoms with Gasteiger partial charge in [0.2, 0.25) is 5.89 Å². The van der Waals surface area contributed by atoms with E-state index in [1.54, 1.807) is 0 Å². The summed E-state index contributed by atoms with van der Waals surface area (Å²) in [5.74, 6) is 0.832. The number of oxazole rings is 1. The third-order valence-corrected chi connectivity index (χ3v) is 3.66. The number of hydrogen-bond donors (Lipinski definition) is 1. The number of nitrogens with zero attached hydrogens (tertiary/aromatic N) is 1. The van der Waals surface area contributed by atoms with Crippen molar-refractivity contribution in [2.45, 2.75) is 39.2 Å². The normalized spacial score (nSPS) is 24.6. The Balaban J connectivity index is 2.16. The first-order valence-corrected chi connectivity index (χ1v) is 6.22. The van der Waals surface area contributed by atoms with E-state index < -0.39 is 0 Å². The van der Waals surface area contributed by atoms with E-state index in [9.17, 15) is 0 Å². The molecule has 1 unspecified atom stereocenters. The summed E-state index contributed by atoms with van der Waals surface area (Å²) in [6.07, 6.45) is 2.28. The minimum atomic E-state index is -0.0840. The van der Waals surface area contributed by atoms with Gasteiger partial charge in [-0.25, -0.2) is 4.98 Å². The predicted octanol–water partition coefficient (Wildman–Crippen LogP) is 3.04. The molecule has 1 N–H and O–H groups in total. The van der Waals surface area contributed by atoms with Crippen molar-refractivity contribution < 1.29 is 4.42 Å². The van der Waals surface area contributed by atoms with Crippen molar-refractivity contribution >= 4 is 11.1 Å². The largest absolute Gasteiger partial charge is 0.438 e. The quantitative estimate of drug-likeness (QED) is 0.818. The Bertz CT molecular complexity index is 565. The van der Waals surface area contributed by atoms with Crippen LogP contribution in [0.3, 0.4) is 0 Å². The van der Waals surface area contributed by atoms with Crippen LogP contribution in [0.4, 0.5) is 0 Å². The number of nitrogens with one attached hydrogen (secondary N) is 1. The van der Waals surface area contributed by atoms with Crippen LogP contribution in [0, 0.1) is 13.8 Å². The first kappa shape index (κ1) is 10.8. The predicted molar refractivity (Wildman–Crippen MR) is 68.1 cm³/mol. The number of aromatic nitrogens is 1. The standard InChI is InChI=1S/C14H18N2O/c1-9-7-10(2)12-11(8-9)16-13(17-12)14(3)5-4-6-15-14/h7-8,15H,4-6H2,1-3H3. The number of fused-ring (bicyclic) bond motifs is 1. The van der Waals surface area contributed by atoms with Crippen LogP contribution in [0.5, 0.6) is 0 Å². The van der Waals surface area contributed by atoms with Crippen molar-refractivity contribution in [3.8, 4) is 0 Å². The van der Waals surface area contributed by atoms with E-state index in [1.807, 2.05) is 0 Å². The van der Waals surface area contributed by atoms with Gasteiger partial charge in [0.05, 0.1) is 5.54 Å². The van der Waals surface area contributed by atoms with Crippen molar-refractivity contribution in [3.05, 3.63) is 29.2 Å². The third-order valence-electron chi connectivity index (χ3n) is 3.66. The zero-order chi connectivity index (χ0) is 12.0. The molecule has 90 valence electrons. The second-order valence-corrected chi connectivity index (χ2v) is 5.31. The number of aryl methyl sites for hydroxylation is 2. The molecule has 1 fully saturated rings. The Morgan fingerprint density at radius 3 is 2.88 bits per heavy atom. The van der Waals surface area contributed by atoms with Crippen LogP contribution >= 0.6 is 0 Å². The summed E-state index contributed by atoms with van der Waals surface area (Å²) < 4.78 is 5.97. The van der Waals surface area contributed by atoms with Gasteiger partial charge in [0.15, 0.2) is 5.58 Å². The van der Waals surface area contributed by atoms with Crippen LogP contribution in [-0.2, 0) is 5.54 Å². The molecule has 0 spiro atoms. The molecule has 0 aliphatic carbocycles. The average molecular weight is 230 g/mol. The van der Waals surface area contributed by atoms with Crippen molar-refractivity contribution in [2.75, 3.05) is 6.54 Å². The molecule has 1 saturated heterocycles. The van der Waals surface area contributed by atoms with E-state index in [0.717, 1.165) is 30.0 Å². The summed E-state index contributed by atoms with van der Waals surface area (Å²) in [5.41, 5.74) is 4.23. The van der Waals surface area contributed by atoms with E-state index in [-0.39, 0.29) is 5.54 Å². The fourth-order valence-electron chi connectivity index (χ4n) is 2.69. The maximum absolute atomic E-state index is 5.97. The second kappa shape index (κ2) is 3.57. The molecule has 0 bridgehead atoms. The number of benzene rings is 1. The summed E-state index contributed by atoms with van der Waals surface area (Å²) in [6.45, 7) is 7.39. The summed E-state index contributed by atoms with van der Waals surface area (Å²) in [7, 11) is 0. The molecule has 1 aromatic heterocycles. The van der Waals surface area contributed by atoms with Gasteiger partial charge in [0, 0.05) is 0 Å². The van der Waals surface area contributed by atoms with Crippen LogP contribution < -0.4 is 5.32 Å². The Morgan fingerprint density at radius 2 is 2.18 bits per heavy atom. The highest BCUT2D eigenvalue weighted by Gasteiger charge is 2.35. The maximum atomic E-state index is 5.97. The van der Waals surface area contributed by atoms with Crippen molar-refractivity contribution in [1.82, 2.24) is 10.3 Å². The highest BCUT2D eigenvalue weighted by molar-refractivity contribution is 5.77. The first-order chi connectivity index (χ1) is 8.08. The Hall–Kier alpha value is -1.35. The Kier molecular flexibility index (Phi) is 2.26. The van der Waals surface area contributed by atoms with E-state index in [2.05, 4.69) is 43.2 Å². The fourth-order valence-corrected chi connectivity index (χ4v) is 2.69. The number of rotatable bonds is 1. The van der Waals surface area contributed by atoms with Gasteiger partial charge in [-0.3, -0.25) is 0 Å². The Morgan fingerprint density at radius 1 is 1.35 bits per heavy atom. The minimum Gasteiger partial charge on any atom is -0.438 e. The third kappa shape index (κ3) is 1.65.